The van der Waals surface area contributed by atoms with Crippen LogP contribution in [0, 0.1) is 0 Å². The Hall–Kier alpha value is -3.05. The van der Waals surface area contributed by atoms with Gasteiger partial charge in [0.25, 0.3) is 0 Å². The molecule has 3 heterocycles. The summed E-state index contributed by atoms with van der Waals surface area (Å²) >= 11 is 0. The van der Waals surface area contributed by atoms with Crippen molar-refractivity contribution in [2.45, 2.75) is 18.6 Å². The second-order valence-corrected chi connectivity index (χ2v) is 6.35. The van der Waals surface area contributed by atoms with Crippen LogP contribution in [0.5, 0.6) is 0 Å². The number of imidazole rings is 1. The highest BCUT2D eigenvalue weighted by molar-refractivity contribution is 5.74. The van der Waals surface area contributed by atoms with E-state index in [-0.39, 0.29) is 6.04 Å². The van der Waals surface area contributed by atoms with Crippen molar-refractivity contribution < 1.29 is 5.11 Å². The van der Waals surface area contributed by atoms with Gasteiger partial charge in [-0.25, -0.2) is 4.98 Å². The number of hydrogen-bond donors (Lipinski definition) is 1. The maximum absolute atomic E-state index is 10.8. The average molecular weight is 328 g/mol. The standard InChI is InChI=1S/C20H16N4O/c25-20(13-5-6-16-17(9-13)23-8-7-22-16)10-18-14-3-1-2-4-15(14)19-11-21-12-24(18)19/h1-9,11-12,18,20,25H,10H2. The van der Waals surface area contributed by atoms with Gasteiger partial charge in [-0.1, -0.05) is 30.3 Å². The van der Waals surface area contributed by atoms with Crippen molar-refractivity contribution >= 4 is 11.0 Å². The molecule has 0 amide bonds. The predicted octanol–water partition coefficient (Wildman–Crippen LogP) is 3.52. The molecule has 122 valence electrons. The summed E-state index contributed by atoms with van der Waals surface area (Å²) in [7, 11) is 0. The first kappa shape index (κ1) is 14.3. The molecule has 5 heteroatoms. The third kappa shape index (κ3) is 2.24. The molecule has 2 unspecified atom stereocenters. The molecule has 1 aliphatic rings. The van der Waals surface area contributed by atoms with Crippen molar-refractivity contribution in [2.75, 3.05) is 0 Å². The lowest BCUT2D eigenvalue weighted by molar-refractivity contribution is 0.154. The summed E-state index contributed by atoms with van der Waals surface area (Å²) in [5, 5.41) is 10.8. The van der Waals surface area contributed by atoms with Crippen LogP contribution < -0.4 is 0 Å². The number of aliphatic hydroxyl groups excluding tert-OH is 1. The van der Waals surface area contributed by atoms with E-state index in [0.29, 0.717) is 6.42 Å². The summed E-state index contributed by atoms with van der Waals surface area (Å²) in [6.45, 7) is 0. The normalized spacial score (nSPS) is 16.6. The second kappa shape index (κ2) is 5.50. The molecule has 25 heavy (non-hydrogen) atoms. The van der Waals surface area contributed by atoms with Crippen molar-refractivity contribution in [2.24, 2.45) is 0 Å². The molecule has 0 radical (unpaired) electrons. The fraction of sp³-hybridized carbons (Fsp3) is 0.150. The molecule has 0 spiro atoms. The summed E-state index contributed by atoms with van der Waals surface area (Å²) in [4.78, 5) is 12.9. The molecule has 0 saturated heterocycles. The topological polar surface area (TPSA) is 63.8 Å². The molecule has 5 nitrogen and oxygen atoms in total. The first-order chi connectivity index (χ1) is 12.3. The van der Waals surface area contributed by atoms with Gasteiger partial charge in [0.1, 0.15) is 0 Å². The minimum absolute atomic E-state index is 0.0845. The fourth-order valence-corrected chi connectivity index (χ4v) is 3.71. The first-order valence-corrected chi connectivity index (χ1v) is 8.31. The van der Waals surface area contributed by atoms with Crippen LogP contribution in [-0.2, 0) is 0 Å². The second-order valence-electron chi connectivity index (χ2n) is 6.35. The Labute approximate surface area is 144 Å². The van der Waals surface area contributed by atoms with Crippen LogP contribution in [0.3, 0.4) is 0 Å². The van der Waals surface area contributed by atoms with Crippen molar-refractivity contribution in [3.8, 4) is 11.3 Å². The van der Waals surface area contributed by atoms with Crippen LogP contribution in [0.25, 0.3) is 22.3 Å². The minimum Gasteiger partial charge on any atom is -0.388 e. The van der Waals surface area contributed by atoms with E-state index in [1.807, 2.05) is 42.9 Å². The maximum Gasteiger partial charge on any atom is 0.0956 e. The molecule has 4 aromatic rings. The third-order valence-electron chi connectivity index (χ3n) is 4.92. The zero-order valence-electron chi connectivity index (χ0n) is 13.4. The number of rotatable bonds is 3. The summed E-state index contributed by atoms with van der Waals surface area (Å²) in [5.74, 6) is 0. The van der Waals surface area contributed by atoms with E-state index >= 15 is 0 Å². The lowest BCUT2D eigenvalue weighted by Gasteiger charge is -2.19. The Kier molecular flexibility index (Phi) is 3.15. The highest BCUT2D eigenvalue weighted by Gasteiger charge is 2.30. The van der Waals surface area contributed by atoms with Crippen LogP contribution >= 0.6 is 0 Å². The quantitative estimate of drug-likeness (QED) is 0.625. The van der Waals surface area contributed by atoms with Gasteiger partial charge in [-0.15, -0.1) is 0 Å². The molecule has 2 aromatic carbocycles. The van der Waals surface area contributed by atoms with E-state index in [4.69, 9.17) is 0 Å². The Morgan fingerprint density at radius 3 is 2.80 bits per heavy atom. The highest BCUT2D eigenvalue weighted by Crippen LogP contribution is 2.42. The Bertz CT molecular complexity index is 1070. The number of aliphatic hydroxyl groups is 1. The zero-order valence-corrected chi connectivity index (χ0v) is 13.4. The van der Waals surface area contributed by atoms with E-state index in [1.165, 1.54) is 11.1 Å². The van der Waals surface area contributed by atoms with E-state index in [2.05, 4.69) is 31.7 Å². The third-order valence-corrected chi connectivity index (χ3v) is 4.92. The number of hydrogen-bond acceptors (Lipinski definition) is 4. The molecule has 0 fully saturated rings. The number of aromatic nitrogens is 4. The molecule has 0 saturated carbocycles. The summed E-state index contributed by atoms with van der Waals surface area (Å²) in [6, 6.07) is 14.2. The minimum atomic E-state index is -0.585. The van der Waals surface area contributed by atoms with Gasteiger partial charge in [-0.2, -0.15) is 0 Å². The molecule has 2 atom stereocenters. The molecule has 2 aromatic heterocycles. The molecule has 0 aliphatic carbocycles. The van der Waals surface area contributed by atoms with Crippen LogP contribution in [0.4, 0.5) is 0 Å². The van der Waals surface area contributed by atoms with Crippen molar-refractivity contribution in [3.63, 3.8) is 0 Å². The van der Waals surface area contributed by atoms with Gasteiger partial charge in [0.15, 0.2) is 0 Å². The van der Waals surface area contributed by atoms with Gasteiger partial charge < -0.3 is 9.67 Å². The Balaban J connectivity index is 1.50. The van der Waals surface area contributed by atoms with Crippen LogP contribution in [-0.4, -0.2) is 24.6 Å². The molecule has 1 N–H and O–H groups in total. The molecular formula is C20H16N4O. The van der Waals surface area contributed by atoms with Gasteiger partial charge in [-0.3, -0.25) is 9.97 Å². The molecular weight excluding hydrogens is 312 g/mol. The zero-order chi connectivity index (χ0) is 16.8. The van der Waals surface area contributed by atoms with Gasteiger partial charge in [-0.05, 0) is 23.3 Å². The Morgan fingerprint density at radius 2 is 1.88 bits per heavy atom. The van der Waals surface area contributed by atoms with Crippen LogP contribution in [0.1, 0.15) is 29.7 Å². The van der Waals surface area contributed by atoms with E-state index in [1.54, 1.807) is 12.4 Å². The SMILES string of the molecule is OC(CC1c2ccccc2-c2cncn21)c1ccc2nccnc2c1. The van der Waals surface area contributed by atoms with E-state index in [9.17, 15) is 5.11 Å². The van der Waals surface area contributed by atoms with Crippen molar-refractivity contribution in [1.29, 1.82) is 0 Å². The Morgan fingerprint density at radius 1 is 1.04 bits per heavy atom. The van der Waals surface area contributed by atoms with Gasteiger partial charge in [0, 0.05) is 24.4 Å². The van der Waals surface area contributed by atoms with E-state index in [0.717, 1.165) is 22.3 Å². The average Bonchev–Trinajstić information content (AvgIpc) is 3.24. The molecule has 0 bridgehead atoms. The van der Waals surface area contributed by atoms with Gasteiger partial charge in [0.05, 0.1) is 41.4 Å². The fourth-order valence-electron chi connectivity index (χ4n) is 3.71. The predicted molar refractivity (Wildman–Crippen MR) is 94.9 cm³/mol. The lowest BCUT2D eigenvalue weighted by Crippen LogP contribution is -2.10. The monoisotopic (exact) mass is 328 g/mol. The molecule has 5 rings (SSSR count). The maximum atomic E-state index is 10.8. The smallest absolute Gasteiger partial charge is 0.0956 e. The number of fused-ring (bicyclic) bond motifs is 4. The van der Waals surface area contributed by atoms with E-state index < -0.39 is 6.10 Å². The van der Waals surface area contributed by atoms with Crippen LogP contribution in [0.2, 0.25) is 0 Å². The van der Waals surface area contributed by atoms with Gasteiger partial charge in [0.2, 0.25) is 0 Å². The van der Waals surface area contributed by atoms with Crippen molar-refractivity contribution in [3.05, 3.63) is 78.5 Å². The van der Waals surface area contributed by atoms with Crippen molar-refractivity contribution in [1.82, 2.24) is 19.5 Å². The summed E-state index contributed by atoms with van der Waals surface area (Å²) in [5.41, 5.74) is 6.04. The number of nitrogens with zero attached hydrogens (tertiary/aromatic N) is 4. The largest absolute Gasteiger partial charge is 0.388 e. The van der Waals surface area contributed by atoms with Crippen LogP contribution in [0.15, 0.2) is 67.4 Å². The molecule has 1 aliphatic heterocycles. The summed E-state index contributed by atoms with van der Waals surface area (Å²) < 4.78 is 2.15. The lowest BCUT2D eigenvalue weighted by atomic mass is 9.95. The number of benzene rings is 2. The van der Waals surface area contributed by atoms with Gasteiger partial charge >= 0.3 is 0 Å². The summed E-state index contributed by atoms with van der Waals surface area (Å²) in [6.07, 6.45) is 7.08. The highest BCUT2D eigenvalue weighted by atomic mass is 16.3. The first-order valence-electron chi connectivity index (χ1n) is 8.31.